The van der Waals surface area contributed by atoms with Crippen molar-refractivity contribution >= 4 is 29.1 Å². The SMILES string of the molecule is COCCSc1cc(F)c(Cl)cc1N. The van der Waals surface area contributed by atoms with E-state index in [0.29, 0.717) is 17.2 Å². The molecule has 0 aliphatic carbocycles. The maximum Gasteiger partial charge on any atom is 0.143 e. The average molecular weight is 236 g/mol. The van der Waals surface area contributed by atoms with E-state index in [4.69, 9.17) is 22.1 Å². The van der Waals surface area contributed by atoms with E-state index >= 15 is 0 Å². The van der Waals surface area contributed by atoms with Crippen molar-refractivity contribution in [2.45, 2.75) is 4.90 Å². The molecule has 0 unspecified atom stereocenters. The van der Waals surface area contributed by atoms with Gasteiger partial charge >= 0.3 is 0 Å². The number of hydrogen-bond donors (Lipinski definition) is 1. The fourth-order valence-corrected chi connectivity index (χ4v) is 1.96. The summed E-state index contributed by atoms with van der Waals surface area (Å²) in [4.78, 5) is 0.698. The fourth-order valence-electron chi connectivity index (χ4n) is 0.904. The first-order valence-corrected chi connectivity index (χ1v) is 5.37. The van der Waals surface area contributed by atoms with E-state index in [1.807, 2.05) is 0 Å². The number of nitrogens with two attached hydrogens (primary N) is 1. The van der Waals surface area contributed by atoms with Crippen LogP contribution in [0.5, 0.6) is 0 Å². The van der Waals surface area contributed by atoms with Crippen molar-refractivity contribution in [2.75, 3.05) is 25.2 Å². The number of halogens is 2. The number of nitrogen functional groups attached to an aromatic ring is 1. The van der Waals surface area contributed by atoms with Crippen LogP contribution in [0.2, 0.25) is 5.02 Å². The molecule has 0 radical (unpaired) electrons. The van der Waals surface area contributed by atoms with Gasteiger partial charge in [0.1, 0.15) is 5.82 Å². The molecule has 0 aromatic heterocycles. The zero-order valence-electron chi connectivity index (χ0n) is 7.72. The molecule has 0 atom stereocenters. The first-order chi connectivity index (χ1) is 6.65. The Balaban J connectivity index is 2.72. The molecule has 14 heavy (non-hydrogen) atoms. The van der Waals surface area contributed by atoms with Crippen molar-refractivity contribution in [3.05, 3.63) is 23.0 Å². The third-order valence-corrected chi connectivity index (χ3v) is 2.92. The van der Waals surface area contributed by atoms with Crippen molar-refractivity contribution in [3.8, 4) is 0 Å². The monoisotopic (exact) mass is 235 g/mol. The van der Waals surface area contributed by atoms with Gasteiger partial charge in [-0.1, -0.05) is 11.6 Å². The second-order valence-electron chi connectivity index (χ2n) is 2.65. The van der Waals surface area contributed by atoms with Crippen LogP contribution in [0.1, 0.15) is 0 Å². The Kier molecular flexibility index (Phi) is 4.51. The van der Waals surface area contributed by atoms with Crippen LogP contribution in [0, 0.1) is 5.82 Å². The van der Waals surface area contributed by atoms with Gasteiger partial charge in [0.05, 0.1) is 11.6 Å². The predicted molar refractivity (Wildman–Crippen MR) is 58.4 cm³/mol. The summed E-state index contributed by atoms with van der Waals surface area (Å²) in [6, 6.07) is 2.77. The van der Waals surface area contributed by atoms with Crippen LogP contribution in [0.15, 0.2) is 17.0 Å². The number of methoxy groups -OCH3 is 1. The van der Waals surface area contributed by atoms with Gasteiger partial charge in [0.25, 0.3) is 0 Å². The van der Waals surface area contributed by atoms with Gasteiger partial charge in [0.15, 0.2) is 0 Å². The van der Waals surface area contributed by atoms with Crippen molar-refractivity contribution in [1.82, 2.24) is 0 Å². The Morgan fingerprint density at radius 3 is 2.93 bits per heavy atom. The van der Waals surface area contributed by atoms with Crippen molar-refractivity contribution in [2.24, 2.45) is 0 Å². The van der Waals surface area contributed by atoms with Crippen LogP contribution in [0.3, 0.4) is 0 Å². The second-order valence-corrected chi connectivity index (χ2v) is 4.19. The topological polar surface area (TPSA) is 35.2 Å². The van der Waals surface area contributed by atoms with E-state index in [9.17, 15) is 4.39 Å². The van der Waals surface area contributed by atoms with Crippen LogP contribution < -0.4 is 5.73 Å². The second kappa shape index (κ2) is 5.44. The Labute approximate surface area is 91.6 Å². The summed E-state index contributed by atoms with van der Waals surface area (Å²) in [5.74, 6) is 0.294. The van der Waals surface area contributed by atoms with E-state index in [0.717, 1.165) is 5.75 Å². The summed E-state index contributed by atoms with van der Waals surface area (Å²) in [6.07, 6.45) is 0. The van der Waals surface area contributed by atoms with Crippen molar-refractivity contribution in [3.63, 3.8) is 0 Å². The molecule has 2 N–H and O–H groups in total. The van der Waals surface area contributed by atoms with Gasteiger partial charge in [-0.25, -0.2) is 4.39 Å². The van der Waals surface area contributed by atoms with Gasteiger partial charge in [-0.3, -0.25) is 0 Å². The van der Waals surface area contributed by atoms with E-state index in [-0.39, 0.29) is 5.02 Å². The lowest BCUT2D eigenvalue weighted by atomic mass is 10.3. The lowest BCUT2D eigenvalue weighted by Gasteiger charge is -2.06. The quantitative estimate of drug-likeness (QED) is 0.495. The van der Waals surface area contributed by atoms with Crippen LogP contribution in [-0.2, 0) is 4.74 Å². The zero-order valence-corrected chi connectivity index (χ0v) is 9.29. The van der Waals surface area contributed by atoms with Crippen LogP contribution in [-0.4, -0.2) is 19.5 Å². The molecule has 1 aromatic carbocycles. The highest BCUT2D eigenvalue weighted by molar-refractivity contribution is 7.99. The molecular weight excluding hydrogens is 225 g/mol. The van der Waals surface area contributed by atoms with E-state index in [1.54, 1.807) is 7.11 Å². The van der Waals surface area contributed by atoms with E-state index < -0.39 is 5.82 Å². The molecule has 0 saturated heterocycles. The van der Waals surface area contributed by atoms with E-state index in [2.05, 4.69) is 0 Å². The molecule has 2 nitrogen and oxygen atoms in total. The molecule has 78 valence electrons. The van der Waals surface area contributed by atoms with Crippen LogP contribution in [0.4, 0.5) is 10.1 Å². The summed E-state index contributed by atoms with van der Waals surface area (Å²) in [6.45, 7) is 0.606. The molecule has 1 aromatic rings. The standard InChI is InChI=1S/C9H11ClFNOS/c1-13-2-3-14-9-5-7(11)6(10)4-8(9)12/h4-5H,2-3,12H2,1H3. The smallest absolute Gasteiger partial charge is 0.143 e. The molecule has 0 heterocycles. The zero-order chi connectivity index (χ0) is 10.6. The number of ether oxygens (including phenoxy) is 1. The molecule has 0 fully saturated rings. The van der Waals surface area contributed by atoms with Crippen molar-refractivity contribution < 1.29 is 9.13 Å². The molecule has 0 saturated carbocycles. The van der Waals surface area contributed by atoms with Gasteiger partial charge in [-0.15, -0.1) is 11.8 Å². The number of benzene rings is 1. The first kappa shape index (κ1) is 11.6. The third kappa shape index (κ3) is 3.04. The molecule has 0 bridgehead atoms. The maximum atomic E-state index is 13.0. The highest BCUT2D eigenvalue weighted by Crippen LogP contribution is 2.29. The lowest BCUT2D eigenvalue weighted by molar-refractivity contribution is 0.218. The maximum absolute atomic E-state index is 13.0. The Hall–Kier alpha value is -0.450. The summed E-state index contributed by atoms with van der Waals surface area (Å²) in [7, 11) is 1.62. The summed E-state index contributed by atoms with van der Waals surface area (Å²) >= 11 is 7.00. The van der Waals surface area contributed by atoms with Gasteiger partial charge in [-0.05, 0) is 12.1 Å². The Morgan fingerprint density at radius 1 is 1.57 bits per heavy atom. The largest absolute Gasteiger partial charge is 0.398 e. The minimum Gasteiger partial charge on any atom is -0.398 e. The molecule has 0 spiro atoms. The van der Waals surface area contributed by atoms with Crippen LogP contribution in [0.25, 0.3) is 0 Å². The number of hydrogen-bond acceptors (Lipinski definition) is 3. The normalized spacial score (nSPS) is 10.5. The highest BCUT2D eigenvalue weighted by Gasteiger charge is 2.06. The van der Waals surface area contributed by atoms with Gasteiger partial charge < -0.3 is 10.5 Å². The van der Waals surface area contributed by atoms with Gasteiger partial charge in [-0.2, -0.15) is 0 Å². The Morgan fingerprint density at radius 2 is 2.29 bits per heavy atom. The number of rotatable bonds is 4. The molecule has 1 rings (SSSR count). The van der Waals surface area contributed by atoms with Gasteiger partial charge in [0.2, 0.25) is 0 Å². The minimum absolute atomic E-state index is 0.0543. The van der Waals surface area contributed by atoms with E-state index in [1.165, 1.54) is 23.9 Å². The molecule has 0 aliphatic rings. The highest BCUT2D eigenvalue weighted by atomic mass is 35.5. The lowest BCUT2D eigenvalue weighted by Crippen LogP contribution is -1.95. The summed E-state index contributed by atoms with van der Waals surface area (Å²) in [5.41, 5.74) is 6.16. The van der Waals surface area contributed by atoms with Crippen LogP contribution >= 0.6 is 23.4 Å². The molecular formula is C9H11ClFNOS. The fraction of sp³-hybridized carbons (Fsp3) is 0.333. The van der Waals surface area contributed by atoms with Crippen molar-refractivity contribution in [1.29, 1.82) is 0 Å². The number of thioether (sulfide) groups is 1. The summed E-state index contributed by atoms with van der Waals surface area (Å²) < 4.78 is 17.9. The average Bonchev–Trinajstić information content (AvgIpc) is 2.14. The molecule has 0 aliphatic heterocycles. The predicted octanol–water partition coefficient (Wildman–Crippen LogP) is 2.80. The number of anilines is 1. The summed E-state index contributed by atoms with van der Waals surface area (Å²) in [5, 5.41) is 0.0543. The molecule has 5 heteroatoms. The minimum atomic E-state index is -0.444. The molecule has 0 amide bonds. The van der Waals surface area contributed by atoms with Gasteiger partial charge in [0, 0.05) is 23.4 Å². The first-order valence-electron chi connectivity index (χ1n) is 4.01. The Bertz CT molecular complexity index is 322. The third-order valence-electron chi connectivity index (χ3n) is 1.60.